The van der Waals surface area contributed by atoms with Crippen LogP contribution in [0.2, 0.25) is 10.3 Å². The molecule has 0 fully saturated rings. The smallest absolute Gasteiger partial charge is 0.334 e. The summed E-state index contributed by atoms with van der Waals surface area (Å²) in [5.74, 6) is 1.81. The fraction of sp³-hybridized carbons (Fsp3) is 0.218. The van der Waals surface area contributed by atoms with Crippen molar-refractivity contribution in [3.8, 4) is 11.4 Å². The van der Waals surface area contributed by atoms with Gasteiger partial charge in [-0.15, -0.1) is 62.5 Å². The Kier molecular flexibility index (Phi) is 25.0. The first-order valence-electron chi connectivity index (χ1n) is 26.9. The molecular weight excluding hydrogens is 1360 g/mol. The Morgan fingerprint density at radius 1 is 0.593 bits per heavy atom. The van der Waals surface area contributed by atoms with Gasteiger partial charge in [0.2, 0.25) is 0 Å². The lowest BCUT2D eigenvalue weighted by Gasteiger charge is -2.34. The Hall–Kier alpha value is -2.46. The third kappa shape index (κ3) is 16.4. The maximum absolute atomic E-state index is 13.9. The van der Waals surface area contributed by atoms with Crippen LogP contribution in [0.4, 0.5) is 0 Å². The summed E-state index contributed by atoms with van der Waals surface area (Å²) in [6, 6.07) is 32.6. The van der Waals surface area contributed by atoms with Crippen molar-refractivity contribution in [2.75, 3.05) is 0 Å². The topological polar surface area (TPSA) is 185 Å². The largest absolute Gasteiger partial charge is 0.388 e. The lowest BCUT2D eigenvalue weighted by molar-refractivity contribution is 0.264. The molecule has 0 aliphatic carbocycles. The van der Waals surface area contributed by atoms with E-state index in [-0.39, 0.29) is 52.9 Å². The van der Waals surface area contributed by atoms with Crippen LogP contribution in [0.25, 0.3) is 77.4 Å². The van der Waals surface area contributed by atoms with Crippen LogP contribution < -0.4 is 11.4 Å². The summed E-state index contributed by atoms with van der Waals surface area (Å²) in [4.78, 5) is 58.9. The molecule has 0 amide bonds. The highest BCUT2D eigenvalue weighted by Gasteiger charge is 2.29. The first-order chi connectivity index (χ1) is 41.3. The summed E-state index contributed by atoms with van der Waals surface area (Å²) >= 11 is 12.0. The van der Waals surface area contributed by atoms with Gasteiger partial charge < -0.3 is 19.2 Å². The number of pyridine rings is 6. The average Bonchev–Trinajstić information content (AvgIpc) is 1.71. The number of rotatable bonds is 16. The first kappa shape index (κ1) is 67.9. The lowest BCUT2D eigenvalue weighted by atomic mass is 10.1. The number of halogens is 2. The summed E-state index contributed by atoms with van der Waals surface area (Å²) in [5, 5.41) is 12.2. The predicted octanol–water partition coefficient (Wildman–Crippen LogP) is 17.9. The van der Waals surface area contributed by atoms with Crippen molar-refractivity contribution in [3.05, 3.63) is 183 Å². The molecule has 0 saturated heterocycles. The minimum atomic E-state index is -0.170. The van der Waals surface area contributed by atoms with Crippen LogP contribution in [-0.4, -0.2) is 67.8 Å². The number of hydrogen-bond acceptors (Lipinski definition) is 10. The highest BCUT2D eigenvalue weighted by Crippen LogP contribution is 3.18. The number of aromatic nitrogens is 13. The first-order valence-corrected chi connectivity index (χ1v) is 50.5. The third-order valence-electron chi connectivity index (χ3n) is 13.6. The van der Waals surface area contributed by atoms with Crippen molar-refractivity contribution in [3.63, 3.8) is 0 Å². The Morgan fingerprint density at radius 3 is 1.76 bits per heavy atom. The number of nitrogens with zero attached hydrogens (tertiary/aromatic N) is 12. The van der Waals surface area contributed by atoms with Gasteiger partial charge in [-0.1, -0.05) is 71.0 Å². The zero-order valence-corrected chi connectivity index (χ0v) is 62.4. The van der Waals surface area contributed by atoms with Crippen molar-refractivity contribution in [1.82, 2.24) is 62.7 Å². The second-order valence-corrected chi connectivity index (χ2v) is 68.6. The van der Waals surface area contributed by atoms with Gasteiger partial charge in [0.1, 0.15) is 22.7 Å². The van der Waals surface area contributed by atoms with Gasteiger partial charge in [0.05, 0.1) is 80.0 Å². The SMILES string of the molecule is CC(C)CCn1c(CO)nc2nc(Cl)ccc21.CC(C)CCn1c(Cn2c(=O)n(-c3ccc4ncccc4c3)c3ccncc32)cc2nc(Cl)ccc21.O=c1[nH]c2cnccc2n1-c1ccc2ncccc2c1.PPP(P(P)P)P(P(P)P)P(P)P. The van der Waals surface area contributed by atoms with Gasteiger partial charge in [-0.2, -0.15) is 0 Å². The molecule has 0 aliphatic heterocycles. The standard InChI is InChI=1S/C28H25ClN6O.C15H10N4O.C12H16ClN3O.H15P13/c1-18(2)10-13-33-21(15-23-24(33)7-8-27(29)32-23)17-34-26-16-30-12-9-25(26)35(28(34)36)20-5-6-22-19(14-20)4-3-11-31-22;20-15-18-13-9-16-7-5-14(13)19(15)11-3-4-12-10(8-11)2-1-6-17-12;1-8(2)5-6-16-9-3-4-10(13)14-12(9)15-11(16)7-17;1-8-12(9(2)3)13(10(4)5)11(6)7/h3-9,11-12,14-16,18H,10,13,17H2,1-2H3;1-9H,(H,18,20);3-4,8,17H,5-7H2,1-2H3;8H,1-7H2. The molecule has 9 atom stereocenters. The Bertz CT molecular complexity index is 4420. The molecule has 0 spiro atoms. The molecule has 12 rings (SSSR count). The summed E-state index contributed by atoms with van der Waals surface area (Å²) in [7, 11) is 22.2. The van der Waals surface area contributed by atoms with Gasteiger partial charge in [-0.25, -0.2) is 24.5 Å². The molecular formula is C55H66Cl2N13O3P13. The molecule has 0 saturated carbocycles. The van der Waals surface area contributed by atoms with E-state index >= 15 is 0 Å². The number of aromatic amines is 1. The van der Waals surface area contributed by atoms with Crippen molar-refractivity contribution in [2.24, 2.45) is 11.8 Å². The van der Waals surface area contributed by atoms with Crippen molar-refractivity contribution in [1.29, 1.82) is 0 Å². The fourth-order valence-corrected chi connectivity index (χ4v) is 137. The summed E-state index contributed by atoms with van der Waals surface area (Å²) in [6.45, 7) is 11.6. The normalized spacial score (nSPS) is 12.3. The Labute approximate surface area is 531 Å². The van der Waals surface area contributed by atoms with Gasteiger partial charge in [0.15, 0.2) is 5.65 Å². The molecule has 16 nitrogen and oxygen atoms in total. The molecule has 12 aromatic rings. The van der Waals surface area contributed by atoms with Crippen LogP contribution in [0.5, 0.6) is 0 Å². The van der Waals surface area contributed by atoms with E-state index in [1.165, 1.54) is 0 Å². The number of H-pyrrole nitrogens is 1. The van der Waals surface area contributed by atoms with Gasteiger partial charge in [0, 0.05) is 54.3 Å². The zero-order chi connectivity index (χ0) is 61.3. The molecule has 31 heteroatoms. The van der Waals surface area contributed by atoms with Crippen molar-refractivity contribution < 1.29 is 5.11 Å². The number of nitrogens with one attached hydrogen (secondary N) is 1. The number of aliphatic hydroxyl groups excluding tert-OH is 1. The van der Waals surface area contributed by atoms with E-state index in [1.807, 2.05) is 102 Å². The third-order valence-corrected chi connectivity index (χ3v) is 87.4. The molecule has 86 heavy (non-hydrogen) atoms. The highest BCUT2D eigenvalue weighted by atomic mass is 35.5. The highest BCUT2D eigenvalue weighted by molar-refractivity contribution is 9.24. The van der Waals surface area contributed by atoms with Crippen LogP contribution in [-0.2, 0) is 26.2 Å². The molecule has 9 unspecified atom stereocenters. The molecule has 0 bridgehead atoms. The van der Waals surface area contributed by atoms with E-state index in [9.17, 15) is 14.7 Å². The second kappa shape index (κ2) is 31.7. The van der Waals surface area contributed by atoms with E-state index < -0.39 is 0 Å². The van der Waals surface area contributed by atoms with Gasteiger partial charge in [-0.05, 0) is 151 Å². The molecule has 448 valence electrons. The fourth-order valence-electron chi connectivity index (χ4n) is 9.55. The second-order valence-electron chi connectivity index (χ2n) is 20.3. The van der Waals surface area contributed by atoms with E-state index in [1.54, 1.807) is 56.9 Å². The maximum Gasteiger partial charge on any atom is 0.334 e. The summed E-state index contributed by atoms with van der Waals surface area (Å²) in [5.41, 5.74) is 10.6. The number of imidazole rings is 3. The van der Waals surface area contributed by atoms with E-state index in [0.717, 1.165) is 111 Å². The summed E-state index contributed by atoms with van der Waals surface area (Å²) < 4.78 is 9.45. The minimum absolute atomic E-state index is 0.0773. The molecule has 2 aromatic carbocycles. The Morgan fingerprint density at radius 2 is 1.17 bits per heavy atom. The number of hydrogen-bond donors (Lipinski definition) is 2. The molecule has 0 radical (unpaired) electrons. The Balaban J connectivity index is 0.000000150. The van der Waals surface area contributed by atoms with Crippen LogP contribution >= 0.6 is 129 Å². The number of fused-ring (bicyclic) bond motifs is 6. The monoisotopic (exact) mass is 1430 g/mol. The predicted molar refractivity (Wildman–Crippen MR) is 400 cm³/mol. The number of aryl methyl sites for hydroxylation is 2. The van der Waals surface area contributed by atoms with Crippen LogP contribution in [0.15, 0.2) is 150 Å². The lowest BCUT2D eigenvalue weighted by Crippen LogP contribution is -2.24. The van der Waals surface area contributed by atoms with Gasteiger partial charge in [0.25, 0.3) is 0 Å². The summed E-state index contributed by atoms with van der Waals surface area (Å²) in [6.07, 6.45) is 12.4. The van der Waals surface area contributed by atoms with Crippen molar-refractivity contribution in [2.45, 2.75) is 66.8 Å². The maximum atomic E-state index is 13.9. The minimum Gasteiger partial charge on any atom is -0.388 e. The van der Waals surface area contributed by atoms with E-state index in [4.69, 9.17) is 23.2 Å². The van der Waals surface area contributed by atoms with Gasteiger partial charge >= 0.3 is 11.4 Å². The van der Waals surface area contributed by atoms with Gasteiger partial charge in [-0.3, -0.25) is 33.6 Å². The quantitative estimate of drug-likeness (QED) is 0.0697. The number of benzene rings is 2. The van der Waals surface area contributed by atoms with Crippen LogP contribution in [0, 0.1) is 11.8 Å². The van der Waals surface area contributed by atoms with Crippen molar-refractivity contribution >= 4 is 195 Å². The van der Waals surface area contributed by atoms with E-state index in [0.29, 0.717) is 40.2 Å². The van der Waals surface area contributed by atoms with E-state index in [2.05, 4.69) is 135 Å². The molecule has 0 aliphatic rings. The van der Waals surface area contributed by atoms with Crippen LogP contribution in [0.1, 0.15) is 52.1 Å². The molecule has 10 heterocycles. The number of aliphatic hydroxyl groups is 1. The average molecular weight is 1430 g/mol. The molecule has 10 aromatic heterocycles. The molecule has 2 N–H and O–H groups in total. The van der Waals surface area contributed by atoms with Crippen LogP contribution in [0.3, 0.4) is 0 Å². The zero-order valence-electron chi connectivity index (χ0n) is 47.3.